The number of carbonyl (C=O) groups excluding carboxylic acids is 2. The molecule has 1 aliphatic carbocycles. The van der Waals surface area contributed by atoms with E-state index >= 15 is 0 Å². The van der Waals surface area contributed by atoms with Crippen molar-refractivity contribution in [3.63, 3.8) is 0 Å². The van der Waals surface area contributed by atoms with Gasteiger partial charge in [0.25, 0.3) is 5.91 Å². The number of hydrogen-bond acceptors (Lipinski definition) is 2. The second kappa shape index (κ2) is 7.32. The van der Waals surface area contributed by atoms with Crippen LogP contribution in [-0.2, 0) is 17.9 Å². The molecule has 4 heteroatoms. The summed E-state index contributed by atoms with van der Waals surface area (Å²) in [6.45, 7) is 2.07. The topological polar surface area (TPSA) is 40.6 Å². The summed E-state index contributed by atoms with van der Waals surface area (Å²) in [5.74, 6) is 0.302. The Bertz CT molecular complexity index is 799. The van der Waals surface area contributed by atoms with Gasteiger partial charge < -0.3 is 9.80 Å². The molecule has 1 aliphatic heterocycles. The fraction of sp³-hybridized carbons (Fsp3) is 0.364. The van der Waals surface area contributed by atoms with Gasteiger partial charge in [-0.2, -0.15) is 0 Å². The van der Waals surface area contributed by atoms with Crippen LogP contribution in [-0.4, -0.2) is 34.2 Å². The van der Waals surface area contributed by atoms with E-state index in [9.17, 15) is 9.59 Å². The highest BCUT2D eigenvalue weighted by Gasteiger charge is 2.33. The first-order valence-electron chi connectivity index (χ1n) is 9.42. The van der Waals surface area contributed by atoms with Gasteiger partial charge in [0.2, 0.25) is 5.91 Å². The van der Waals surface area contributed by atoms with Gasteiger partial charge >= 0.3 is 0 Å². The maximum absolute atomic E-state index is 13.1. The lowest BCUT2D eigenvalue weighted by atomic mass is 10.1. The van der Waals surface area contributed by atoms with Gasteiger partial charge in [0.15, 0.2) is 0 Å². The summed E-state index contributed by atoms with van der Waals surface area (Å²) in [5, 5.41) is 0. The zero-order valence-electron chi connectivity index (χ0n) is 14.9. The van der Waals surface area contributed by atoms with Crippen LogP contribution in [0, 0.1) is 0 Å². The van der Waals surface area contributed by atoms with Gasteiger partial charge in [-0.15, -0.1) is 0 Å². The smallest absolute Gasteiger partial charge is 0.254 e. The van der Waals surface area contributed by atoms with Crippen molar-refractivity contribution in [1.29, 1.82) is 0 Å². The van der Waals surface area contributed by atoms with Crippen LogP contribution in [0.5, 0.6) is 0 Å². The third kappa shape index (κ3) is 3.79. The van der Waals surface area contributed by atoms with Crippen molar-refractivity contribution in [1.82, 2.24) is 9.80 Å². The third-order valence-corrected chi connectivity index (χ3v) is 5.16. The molecule has 0 aromatic heterocycles. The second-order valence-corrected chi connectivity index (χ2v) is 7.27. The summed E-state index contributed by atoms with van der Waals surface area (Å²) in [4.78, 5) is 28.9. The molecular weight excluding hydrogens is 324 g/mol. The molecule has 1 saturated carbocycles. The van der Waals surface area contributed by atoms with Crippen molar-refractivity contribution >= 4 is 11.8 Å². The molecule has 1 heterocycles. The standard InChI is InChI=1S/C22H24N2O2/c25-21-10-5-13-23(21)15-18-8-4-9-19(14-18)22(26)24(20-11-12-20)16-17-6-2-1-3-7-17/h1-4,6-9,14,20H,5,10-13,15-16H2. The van der Waals surface area contributed by atoms with Gasteiger partial charge in [0.05, 0.1) is 0 Å². The summed E-state index contributed by atoms with van der Waals surface area (Å²) in [7, 11) is 0. The Labute approximate surface area is 154 Å². The number of benzene rings is 2. The highest BCUT2D eigenvalue weighted by Crippen LogP contribution is 2.30. The molecule has 2 fully saturated rings. The van der Waals surface area contributed by atoms with Crippen LogP contribution in [0.25, 0.3) is 0 Å². The Kier molecular flexibility index (Phi) is 4.74. The second-order valence-electron chi connectivity index (χ2n) is 7.27. The first-order chi connectivity index (χ1) is 12.7. The van der Waals surface area contributed by atoms with Crippen molar-refractivity contribution < 1.29 is 9.59 Å². The number of rotatable bonds is 6. The molecule has 0 atom stereocenters. The van der Waals surface area contributed by atoms with Crippen molar-refractivity contribution in [2.24, 2.45) is 0 Å². The highest BCUT2D eigenvalue weighted by molar-refractivity contribution is 5.94. The molecule has 134 valence electrons. The van der Waals surface area contributed by atoms with Crippen LogP contribution >= 0.6 is 0 Å². The van der Waals surface area contributed by atoms with E-state index in [2.05, 4.69) is 12.1 Å². The lowest BCUT2D eigenvalue weighted by molar-refractivity contribution is -0.128. The minimum absolute atomic E-state index is 0.0888. The molecule has 0 N–H and O–H groups in total. The van der Waals surface area contributed by atoms with E-state index in [1.165, 1.54) is 0 Å². The summed E-state index contributed by atoms with van der Waals surface area (Å²) >= 11 is 0. The normalized spacial score (nSPS) is 16.8. The SMILES string of the molecule is O=C1CCCN1Cc1cccc(C(=O)N(Cc2ccccc2)C2CC2)c1. The van der Waals surface area contributed by atoms with E-state index in [1.807, 2.05) is 52.3 Å². The fourth-order valence-corrected chi connectivity index (χ4v) is 3.59. The van der Waals surface area contributed by atoms with Crippen LogP contribution in [0.2, 0.25) is 0 Å². The van der Waals surface area contributed by atoms with Crippen LogP contribution in [0.15, 0.2) is 54.6 Å². The molecule has 2 amide bonds. The molecule has 4 nitrogen and oxygen atoms in total. The van der Waals surface area contributed by atoms with Gasteiger partial charge in [-0.1, -0.05) is 42.5 Å². The van der Waals surface area contributed by atoms with Crippen molar-refractivity contribution in [2.75, 3.05) is 6.54 Å². The molecule has 0 radical (unpaired) electrons. The molecule has 0 spiro atoms. The predicted molar refractivity (Wildman–Crippen MR) is 100 cm³/mol. The molecule has 1 saturated heterocycles. The number of amides is 2. The molecule has 2 aromatic carbocycles. The first-order valence-corrected chi connectivity index (χ1v) is 9.42. The van der Waals surface area contributed by atoms with Crippen molar-refractivity contribution in [3.8, 4) is 0 Å². The lowest BCUT2D eigenvalue weighted by Crippen LogP contribution is -2.32. The number of hydrogen-bond donors (Lipinski definition) is 0. The Morgan fingerprint density at radius 2 is 1.81 bits per heavy atom. The zero-order valence-corrected chi connectivity index (χ0v) is 14.9. The summed E-state index contributed by atoms with van der Waals surface area (Å²) in [6, 6.07) is 18.3. The Morgan fingerprint density at radius 1 is 1.04 bits per heavy atom. The third-order valence-electron chi connectivity index (χ3n) is 5.16. The van der Waals surface area contributed by atoms with Crippen molar-refractivity contribution in [2.45, 2.75) is 44.8 Å². The molecule has 2 aromatic rings. The average Bonchev–Trinajstić information content (AvgIpc) is 3.44. The molecule has 4 rings (SSSR count). The van der Waals surface area contributed by atoms with E-state index in [1.54, 1.807) is 0 Å². The zero-order chi connectivity index (χ0) is 17.9. The van der Waals surface area contributed by atoms with E-state index in [4.69, 9.17) is 0 Å². The maximum atomic E-state index is 13.1. The van der Waals surface area contributed by atoms with Crippen LogP contribution in [0.1, 0.15) is 47.2 Å². The monoisotopic (exact) mass is 348 g/mol. The first kappa shape index (κ1) is 16.8. The Balaban J connectivity index is 1.50. The molecule has 2 aliphatic rings. The average molecular weight is 348 g/mol. The maximum Gasteiger partial charge on any atom is 0.254 e. The lowest BCUT2D eigenvalue weighted by Gasteiger charge is -2.23. The van der Waals surface area contributed by atoms with Gasteiger partial charge in [0, 0.05) is 37.7 Å². The summed E-state index contributed by atoms with van der Waals surface area (Å²) < 4.78 is 0. The van der Waals surface area contributed by atoms with E-state index in [0.29, 0.717) is 25.6 Å². The van der Waals surface area contributed by atoms with Gasteiger partial charge in [-0.05, 0) is 42.5 Å². The number of carbonyl (C=O) groups is 2. The van der Waals surface area contributed by atoms with E-state index < -0.39 is 0 Å². The minimum atomic E-state index is 0.0888. The minimum Gasteiger partial charge on any atom is -0.338 e. The summed E-state index contributed by atoms with van der Waals surface area (Å²) in [5.41, 5.74) is 2.91. The number of likely N-dealkylation sites (tertiary alicyclic amines) is 1. The molecular formula is C22H24N2O2. The van der Waals surface area contributed by atoms with Gasteiger partial charge in [-0.3, -0.25) is 9.59 Å². The predicted octanol–water partition coefficient (Wildman–Crippen LogP) is 3.61. The Morgan fingerprint density at radius 3 is 2.50 bits per heavy atom. The highest BCUT2D eigenvalue weighted by atomic mass is 16.2. The van der Waals surface area contributed by atoms with Crippen molar-refractivity contribution in [3.05, 3.63) is 71.3 Å². The summed E-state index contributed by atoms with van der Waals surface area (Å²) in [6.07, 6.45) is 3.75. The number of nitrogens with zero attached hydrogens (tertiary/aromatic N) is 2. The van der Waals surface area contributed by atoms with E-state index in [-0.39, 0.29) is 11.8 Å². The molecule has 0 unspecified atom stereocenters. The van der Waals surface area contributed by atoms with Crippen LogP contribution < -0.4 is 0 Å². The Hall–Kier alpha value is -2.62. The largest absolute Gasteiger partial charge is 0.338 e. The van der Waals surface area contributed by atoms with E-state index in [0.717, 1.165) is 42.5 Å². The van der Waals surface area contributed by atoms with Crippen LogP contribution in [0.3, 0.4) is 0 Å². The molecule has 0 bridgehead atoms. The van der Waals surface area contributed by atoms with Gasteiger partial charge in [-0.25, -0.2) is 0 Å². The quantitative estimate of drug-likeness (QED) is 0.800. The fourth-order valence-electron chi connectivity index (χ4n) is 3.59. The van der Waals surface area contributed by atoms with Crippen LogP contribution in [0.4, 0.5) is 0 Å². The van der Waals surface area contributed by atoms with Gasteiger partial charge in [0.1, 0.15) is 0 Å². The molecule has 26 heavy (non-hydrogen) atoms.